The summed E-state index contributed by atoms with van der Waals surface area (Å²) in [4.78, 5) is 6.82. The van der Waals surface area contributed by atoms with Gasteiger partial charge in [-0.15, -0.1) is 24.0 Å². The third-order valence-electron chi connectivity index (χ3n) is 5.12. The van der Waals surface area contributed by atoms with Crippen LogP contribution in [0.15, 0.2) is 59.6 Å². The summed E-state index contributed by atoms with van der Waals surface area (Å²) in [5, 5.41) is 7.03. The maximum atomic E-state index is 5.48. The standard InChI is InChI=1S/C22H30N4O.HI/c1-17(20-11-7-8-12-21(20)27-3)15-24-22(23-2)25-18-13-14-26(16-18)19-9-5-4-6-10-19;/h4-12,17-18H,13-16H2,1-3H3,(H2,23,24,25);1H. The summed E-state index contributed by atoms with van der Waals surface area (Å²) in [6, 6.07) is 19.2. The first kappa shape index (κ1) is 22.3. The van der Waals surface area contributed by atoms with E-state index in [0.717, 1.165) is 37.8 Å². The monoisotopic (exact) mass is 494 g/mol. The molecule has 2 N–H and O–H groups in total. The highest BCUT2D eigenvalue weighted by molar-refractivity contribution is 14.0. The number of hydrogen-bond donors (Lipinski definition) is 2. The van der Waals surface area contributed by atoms with E-state index < -0.39 is 0 Å². The Morgan fingerprint density at radius 2 is 1.89 bits per heavy atom. The SMILES string of the molecule is CN=C(NCC(C)c1ccccc1OC)NC1CCN(c2ccccc2)C1.I. The molecule has 5 nitrogen and oxygen atoms in total. The highest BCUT2D eigenvalue weighted by atomic mass is 127. The van der Waals surface area contributed by atoms with Crippen molar-refractivity contribution in [2.45, 2.75) is 25.3 Å². The van der Waals surface area contributed by atoms with Gasteiger partial charge >= 0.3 is 0 Å². The van der Waals surface area contributed by atoms with E-state index in [2.05, 4.69) is 69.9 Å². The van der Waals surface area contributed by atoms with Crippen molar-refractivity contribution in [2.75, 3.05) is 38.7 Å². The highest BCUT2D eigenvalue weighted by Gasteiger charge is 2.23. The number of para-hydroxylation sites is 2. The molecule has 2 aromatic rings. The molecular weight excluding hydrogens is 463 g/mol. The minimum absolute atomic E-state index is 0. The smallest absolute Gasteiger partial charge is 0.191 e. The fraction of sp³-hybridized carbons (Fsp3) is 0.409. The average Bonchev–Trinajstić information content (AvgIpc) is 3.20. The lowest BCUT2D eigenvalue weighted by atomic mass is 10.0. The summed E-state index contributed by atoms with van der Waals surface area (Å²) in [5.41, 5.74) is 2.49. The summed E-state index contributed by atoms with van der Waals surface area (Å²) in [6.07, 6.45) is 1.11. The van der Waals surface area contributed by atoms with Crippen molar-refractivity contribution in [2.24, 2.45) is 4.99 Å². The van der Waals surface area contributed by atoms with E-state index in [1.54, 1.807) is 7.11 Å². The summed E-state index contributed by atoms with van der Waals surface area (Å²) in [7, 11) is 3.55. The van der Waals surface area contributed by atoms with Crippen LogP contribution in [0.4, 0.5) is 5.69 Å². The van der Waals surface area contributed by atoms with Crippen LogP contribution in [-0.2, 0) is 0 Å². The van der Waals surface area contributed by atoms with Gasteiger partial charge in [0.15, 0.2) is 5.96 Å². The van der Waals surface area contributed by atoms with Crippen LogP contribution >= 0.6 is 24.0 Å². The maximum Gasteiger partial charge on any atom is 0.191 e. The Morgan fingerprint density at radius 1 is 1.18 bits per heavy atom. The van der Waals surface area contributed by atoms with Crippen molar-refractivity contribution >= 4 is 35.6 Å². The summed E-state index contributed by atoms with van der Waals surface area (Å²) in [5.74, 6) is 2.12. The number of halogens is 1. The predicted molar refractivity (Wildman–Crippen MR) is 128 cm³/mol. The molecule has 1 heterocycles. The molecule has 0 spiro atoms. The number of guanidine groups is 1. The number of rotatable bonds is 6. The first-order chi connectivity index (χ1) is 13.2. The lowest BCUT2D eigenvalue weighted by Gasteiger charge is -2.22. The van der Waals surface area contributed by atoms with E-state index in [1.165, 1.54) is 11.3 Å². The largest absolute Gasteiger partial charge is 0.496 e. The van der Waals surface area contributed by atoms with Crippen molar-refractivity contribution in [1.29, 1.82) is 0 Å². The van der Waals surface area contributed by atoms with Gasteiger partial charge in [0.25, 0.3) is 0 Å². The molecule has 0 aliphatic carbocycles. The van der Waals surface area contributed by atoms with Crippen LogP contribution in [0, 0.1) is 0 Å². The Kier molecular flexibility index (Phi) is 8.89. The second-order valence-electron chi connectivity index (χ2n) is 7.01. The van der Waals surface area contributed by atoms with Gasteiger partial charge < -0.3 is 20.3 Å². The van der Waals surface area contributed by atoms with Gasteiger partial charge in [-0.3, -0.25) is 4.99 Å². The number of hydrogen-bond acceptors (Lipinski definition) is 3. The van der Waals surface area contributed by atoms with Crippen LogP contribution in [0.5, 0.6) is 5.75 Å². The van der Waals surface area contributed by atoms with Gasteiger partial charge in [0, 0.05) is 44.3 Å². The van der Waals surface area contributed by atoms with Gasteiger partial charge in [-0.25, -0.2) is 0 Å². The lowest BCUT2D eigenvalue weighted by molar-refractivity contribution is 0.406. The number of ether oxygens (including phenoxy) is 1. The molecule has 6 heteroatoms. The first-order valence-electron chi connectivity index (χ1n) is 9.61. The number of nitrogens with one attached hydrogen (secondary N) is 2. The Hall–Kier alpha value is -1.96. The normalized spacial score (nSPS) is 17.6. The highest BCUT2D eigenvalue weighted by Crippen LogP contribution is 2.25. The van der Waals surface area contributed by atoms with Gasteiger partial charge in [-0.05, 0) is 30.2 Å². The first-order valence-corrected chi connectivity index (χ1v) is 9.61. The van der Waals surface area contributed by atoms with E-state index in [-0.39, 0.29) is 24.0 Å². The van der Waals surface area contributed by atoms with Crippen LogP contribution in [-0.4, -0.2) is 45.8 Å². The number of benzene rings is 2. The second kappa shape index (κ2) is 11.1. The predicted octanol–water partition coefficient (Wildman–Crippen LogP) is 3.86. The quantitative estimate of drug-likeness (QED) is 0.364. The minimum Gasteiger partial charge on any atom is -0.496 e. The molecule has 1 saturated heterocycles. The third kappa shape index (κ3) is 5.77. The molecule has 0 bridgehead atoms. The fourth-order valence-electron chi connectivity index (χ4n) is 3.57. The van der Waals surface area contributed by atoms with E-state index >= 15 is 0 Å². The molecule has 0 saturated carbocycles. The molecule has 152 valence electrons. The molecule has 2 aromatic carbocycles. The van der Waals surface area contributed by atoms with E-state index in [1.807, 2.05) is 19.2 Å². The van der Waals surface area contributed by atoms with Crippen LogP contribution < -0.4 is 20.3 Å². The van der Waals surface area contributed by atoms with Gasteiger partial charge in [0.05, 0.1) is 7.11 Å². The summed E-state index contributed by atoms with van der Waals surface area (Å²) >= 11 is 0. The zero-order valence-corrected chi connectivity index (χ0v) is 19.2. The zero-order valence-electron chi connectivity index (χ0n) is 16.9. The molecule has 1 aliphatic heterocycles. The van der Waals surface area contributed by atoms with Crippen LogP contribution in [0.2, 0.25) is 0 Å². The number of anilines is 1. The van der Waals surface area contributed by atoms with Gasteiger partial charge in [-0.2, -0.15) is 0 Å². The van der Waals surface area contributed by atoms with Crippen molar-refractivity contribution in [3.63, 3.8) is 0 Å². The molecule has 1 fully saturated rings. The number of aliphatic imine (C=N–C) groups is 1. The number of methoxy groups -OCH3 is 1. The molecule has 3 rings (SSSR count). The lowest BCUT2D eigenvalue weighted by Crippen LogP contribution is -2.45. The van der Waals surface area contributed by atoms with Gasteiger partial charge in [-0.1, -0.05) is 43.3 Å². The average molecular weight is 494 g/mol. The Bertz CT molecular complexity index is 753. The van der Waals surface area contributed by atoms with Crippen molar-refractivity contribution in [3.05, 3.63) is 60.2 Å². The molecule has 2 atom stereocenters. The summed E-state index contributed by atoms with van der Waals surface area (Å²) < 4.78 is 5.48. The Balaban J connectivity index is 0.00000280. The fourth-order valence-corrected chi connectivity index (χ4v) is 3.57. The molecule has 1 aliphatic rings. The van der Waals surface area contributed by atoms with Crippen molar-refractivity contribution < 1.29 is 4.74 Å². The third-order valence-corrected chi connectivity index (χ3v) is 5.12. The van der Waals surface area contributed by atoms with Gasteiger partial charge in [0.2, 0.25) is 0 Å². The Labute approximate surface area is 185 Å². The molecule has 28 heavy (non-hydrogen) atoms. The van der Waals surface area contributed by atoms with E-state index in [4.69, 9.17) is 4.74 Å². The summed E-state index contributed by atoms with van der Waals surface area (Å²) in [6.45, 7) is 5.06. The minimum atomic E-state index is 0. The Morgan fingerprint density at radius 3 is 2.61 bits per heavy atom. The molecule has 2 unspecified atom stereocenters. The van der Waals surface area contributed by atoms with Crippen LogP contribution in [0.3, 0.4) is 0 Å². The van der Waals surface area contributed by atoms with Crippen LogP contribution in [0.25, 0.3) is 0 Å². The zero-order chi connectivity index (χ0) is 19.1. The second-order valence-corrected chi connectivity index (χ2v) is 7.01. The molecule has 0 aromatic heterocycles. The van der Waals surface area contributed by atoms with Crippen LogP contribution in [0.1, 0.15) is 24.8 Å². The van der Waals surface area contributed by atoms with Gasteiger partial charge in [0.1, 0.15) is 5.75 Å². The maximum absolute atomic E-state index is 5.48. The topological polar surface area (TPSA) is 48.9 Å². The molecule has 0 amide bonds. The molecule has 0 radical (unpaired) electrons. The van der Waals surface area contributed by atoms with E-state index in [9.17, 15) is 0 Å². The van der Waals surface area contributed by atoms with Crippen molar-refractivity contribution in [3.8, 4) is 5.75 Å². The number of nitrogens with zero attached hydrogens (tertiary/aromatic N) is 2. The van der Waals surface area contributed by atoms with E-state index in [0.29, 0.717) is 12.0 Å². The van der Waals surface area contributed by atoms with Crippen molar-refractivity contribution in [1.82, 2.24) is 10.6 Å². The molecular formula is C22H31IN4O.